The Kier molecular flexibility index (Phi) is 6.35. The largest absolute Gasteiger partial charge is 0.489 e. The number of aliphatic imine (C=N–C) groups is 1. The van der Waals surface area contributed by atoms with E-state index < -0.39 is 17.5 Å². The van der Waals surface area contributed by atoms with E-state index in [-0.39, 0.29) is 24.6 Å². The summed E-state index contributed by atoms with van der Waals surface area (Å²) in [5.41, 5.74) is 6.82. The summed E-state index contributed by atoms with van der Waals surface area (Å²) in [4.78, 5) is 10.7. The molecule has 1 unspecified atom stereocenters. The molecule has 2 heterocycles. The minimum absolute atomic E-state index is 0.00514. The van der Waals surface area contributed by atoms with E-state index in [0.717, 1.165) is 17.7 Å². The van der Waals surface area contributed by atoms with Crippen LogP contribution in [0.5, 0.6) is 5.75 Å². The summed E-state index contributed by atoms with van der Waals surface area (Å²) >= 11 is 0. The lowest BCUT2D eigenvalue weighted by atomic mass is 9.84. The molecule has 34 heavy (non-hydrogen) atoms. The molecule has 0 amide bonds. The van der Waals surface area contributed by atoms with Crippen molar-refractivity contribution in [3.05, 3.63) is 65.2 Å². The van der Waals surface area contributed by atoms with E-state index in [1.165, 1.54) is 11.1 Å². The molecular weight excluding hydrogens is 447 g/mol. The quantitative estimate of drug-likeness (QED) is 0.606. The van der Waals surface area contributed by atoms with Gasteiger partial charge in [-0.3, -0.25) is 0 Å². The first-order valence-electron chi connectivity index (χ1n) is 11.1. The van der Waals surface area contributed by atoms with Gasteiger partial charge in [-0.25, -0.2) is 14.9 Å². The van der Waals surface area contributed by atoms with Crippen molar-refractivity contribution in [1.82, 2.24) is 5.06 Å². The van der Waals surface area contributed by atoms with Crippen molar-refractivity contribution in [2.45, 2.75) is 44.7 Å². The molecule has 0 saturated heterocycles. The summed E-state index contributed by atoms with van der Waals surface area (Å²) in [6.45, 7) is 3.96. The topological polar surface area (TPSA) is 80.3 Å². The van der Waals surface area contributed by atoms with E-state index in [1.807, 2.05) is 13.8 Å². The summed E-state index contributed by atoms with van der Waals surface area (Å²) in [5, 5.41) is 11.0. The third kappa shape index (κ3) is 4.63. The normalized spacial score (nSPS) is 22.7. The van der Waals surface area contributed by atoms with E-state index >= 15 is 0 Å². The number of rotatable bonds is 5. The van der Waals surface area contributed by atoms with Crippen LogP contribution in [0.2, 0.25) is 0 Å². The lowest BCUT2D eigenvalue weighted by Crippen LogP contribution is -2.42. The molecule has 6 nitrogen and oxygen atoms in total. The van der Waals surface area contributed by atoms with Gasteiger partial charge in [-0.15, -0.1) is 0 Å². The molecule has 4 rings (SSSR count). The molecular formula is C25H28F3N3O3. The summed E-state index contributed by atoms with van der Waals surface area (Å²) in [5.74, 6) is 0.620. The number of allylic oxidation sites excluding steroid dienone is 1. The third-order valence-electron chi connectivity index (χ3n) is 6.07. The van der Waals surface area contributed by atoms with E-state index in [4.69, 9.17) is 15.3 Å². The number of nitrogens with zero attached hydrogens (tertiary/aromatic N) is 2. The highest BCUT2D eigenvalue weighted by Crippen LogP contribution is 2.49. The first-order valence-corrected chi connectivity index (χ1v) is 11.1. The van der Waals surface area contributed by atoms with Gasteiger partial charge in [0.25, 0.3) is 0 Å². The Balaban J connectivity index is 1.80. The second-order valence-corrected chi connectivity index (χ2v) is 8.91. The van der Waals surface area contributed by atoms with Crippen LogP contribution in [0.4, 0.5) is 13.2 Å². The van der Waals surface area contributed by atoms with Crippen LogP contribution in [0.15, 0.2) is 59.1 Å². The molecule has 3 N–H and O–H groups in total. The van der Waals surface area contributed by atoms with Crippen LogP contribution >= 0.6 is 0 Å². The standard InChI is InChI=1S/C25H28F3N3O3/c1-15(2)11-18(9-10-32)22-14-24(30-23(29)31(3)34-24)20-13-17(7-8-21(20)33-22)16-5-4-6-19(12-16)25(26,27)28/h4-8,11-13,18,22,32H,9-10,14H2,1-3H3,(H2,29,30)/t18?,22-,24+/m1/s1. The van der Waals surface area contributed by atoms with E-state index in [2.05, 4.69) is 11.1 Å². The van der Waals surface area contributed by atoms with E-state index in [1.54, 1.807) is 31.3 Å². The first kappa shape index (κ1) is 24.1. The van der Waals surface area contributed by atoms with Crippen LogP contribution in [-0.4, -0.2) is 35.9 Å². The zero-order chi connectivity index (χ0) is 24.7. The second kappa shape index (κ2) is 8.96. The van der Waals surface area contributed by atoms with Gasteiger partial charge in [-0.05, 0) is 55.7 Å². The fourth-order valence-electron chi connectivity index (χ4n) is 4.51. The second-order valence-electron chi connectivity index (χ2n) is 8.91. The Morgan fingerprint density at radius 1 is 1.26 bits per heavy atom. The Bertz CT molecular complexity index is 1130. The Morgan fingerprint density at radius 2 is 2.00 bits per heavy atom. The van der Waals surface area contributed by atoms with Crippen molar-refractivity contribution in [3.63, 3.8) is 0 Å². The minimum atomic E-state index is -4.44. The van der Waals surface area contributed by atoms with Crippen LogP contribution < -0.4 is 10.5 Å². The number of guanidine groups is 1. The molecule has 2 aliphatic heterocycles. The fourth-order valence-corrected chi connectivity index (χ4v) is 4.51. The number of aliphatic hydroxyl groups excluding tert-OH is 1. The molecule has 2 aromatic carbocycles. The highest BCUT2D eigenvalue weighted by atomic mass is 19.4. The highest BCUT2D eigenvalue weighted by molar-refractivity contribution is 5.79. The van der Waals surface area contributed by atoms with Gasteiger partial charge >= 0.3 is 6.18 Å². The summed E-state index contributed by atoms with van der Waals surface area (Å²) in [6.07, 6.45) is -1.91. The van der Waals surface area contributed by atoms with Gasteiger partial charge in [0.2, 0.25) is 11.7 Å². The molecule has 0 aromatic heterocycles. The van der Waals surface area contributed by atoms with Crippen molar-refractivity contribution >= 4 is 5.96 Å². The predicted octanol–water partition coefficient (Wildman–Crippen LogP) is 4.83. The number of hydrogen-bond acceptors (Lipinski definition) is 6. The van der Waals surface area contributed by atoms with Crippen molar-refractivity contribution in [3.8, 4) is 16.9 Å². The van der Waals surface area contributed by atoms with Gasteiger partial charge in [0.1, 0.15) is 11.9 Å². The smallest absolute Gasteiger partial charge is 0.416 e. The first-order chi connectivity index (χ1) is 16.0. The monoisotopic (exact) mass is 475 g/mol. The van der Waals surface area contributed by atoms with Crippen LogP contribution in [0.3, 0.4) is 0 Å². The Hall–Kier alpha value is -3.04. The molecule has 3 atom stereocenters. The highest BCUT2D eigenvalue weighted by Gasteiger charge is 2.50. The zero-order valence-corrected chi connectivity index (χ0v) is 19.3. The predicted molar refractivity (Wildman–Crippen MR) is 123 cm³/mol. The average molecular weight is 476 g/mol. The van der Waals surface area contributed by atoms with E-state index in [9.17, 15) is 18.3 Å². The molecule has 0 aliphatic carbocycles. The van der Waals surface area contributed by atoms with Gasteiger partial charge in [0.05, 0.1) is 11.1 Å². The maximum Gasteiger partial charge on any atom is 0.416 e. The number of hydroxylamine groups is 2. The molecule has 0 saturated carbocycles. The van der Waals surface area contributed by atoms with Gasteiger partial charge < -0.3 is 15.6 Å². The third-order valence-corrected chi connectivity index (χ3v) is 6.07. The lowest BCUT2D eigenvalue weighted by Gasteiger charge is -2.39. The molecule has 2 aromatic rings. The number of benzene rings is 2. The van der Waals surface area contributed by atoms with Gasteiger partial charge in [0, 0.05) is 26.0 Å². The number of halogens is 3. The number of nitrogens with two attached hydrogens (primary N) is 1. The summed E-state index contributed by atoms with van der Waals surface area (Å²) in [7, 11) is 1.65. The van der Waals surface area contributed by atoms with Crippen molar-refractivity contribution in [2.24, 2.45) is 16.6 Å². The minimum Gasteiger partial charge on any atom is -0.489 e. The number of hydrogen-bond donors (Lipinski definition) is 2. The lowest BCUT2D eigenvalue weighted by molar-refractivity contribution is -0.193. The van der Waals surface area contributed by atoms with Gasteiger partial charge in [0.15, 0.2) is 0 Å². The summed E-state index contributed by atoms with van der Waals surface area (Å²) in [6, 6.07) is 10.4. The van der Waals surface area contributed by atoms with Gasteiger partial charge in [-0.1, -0.05) is 29.8 Å². The number of alkyl halides is 3. The zero-order valence-electron chi connectivity index (χ0n) is 19.3. The number of ether oxygens (including phenoxy) is 1. The van der Waals surface area contributed by atoms with Crippen LogP contribution in [0.25, 0.3) is 11.1 Å². The molecule has 0 radical (unpaired) electrons. The molecule has 9 heteroatoms. The van der Waals surface area contributed by atoms with Crippen molar-refractivity contribution < 1.29 is 27.9 Å². The Labute approximate surface area is 196 Å². The molecule has 0 fully saturated rings. The Morgan fingerprint density at radius 3 is 2.62 bits per heavy atom. The molecule has 182 valence electrons. The van der Waals surface area contributed by atoms with Crippen LogP contribution in [-0.2, 0) is 16.7 Å². The van der Waals surface area contributed by atoms with Crippen molar-refractivity contribution in [1.29, 1.82) is 0 Å². The number of fused-ring (bicyclic) bond motifs is 2. The van der Waals surface area contributed by atoms with Gasteiger partial charge in [-0.2, -0.15) is 13.2 Å². The molecule has 0 bridgehead atoms. The SMILES string of the molecule is CC(C)=CC(CCO)[C@H]1C[C@@]2(N=C(N)N(C)O2)c2cc(-c3cccc(C(F)(F)F)c3)ccc2O1. The molecule has 1 spiro atoms. The van der Waals surface area contributed by atoms with Crippen LogP contribution in [0, 0.1) is 5.92 Å². The van der Waals surface area contributed by atoms with E-state index in [0.29, 0.717) is 35.3 Å². The fraction of sp³-hybridized carbons (Fsp3) is 0.400. The molecule has 2 aliphatic rings. The average Bonchev–Trinajstić information content (AvgIpc) is 3.05. The number of aliphatic hydroxyl groups is 1. The summed E-state index contributed by atoms with van der Waals surface area (Å²) < 4.78 is 46.1. The maximum atomic E-state index is 13.3. The maximum absolute atomic E-state index is 13.3. The van der Waals surface area contributed by atoms with Crippen LogP contribution in [0.1, 0.15) is 37.8 Å². The van der Waals surface area contributed by atoms with Crippen molar-refractivity contribution in [2.75, 3.05) is 13.7 Å².